The molecule has 0 amide bonds. The molecule has 0 aromatic carbocycles. The van der Waals surface area contributed by atoms with Crippen LogP contribution in [0.5, 0.6) is 0 Å². The molecule has 2 heteroatoms. The van der Waals surface area contributed by atoms with Crippen LogP contribution in [0.15, 0.2) is 0 Å². The quantitative estimate of drug-likeness (QED) is 0.607. The first kappa shape index (κ1) is 10.9. The molecule has 0 aromatic rings. The Hall–Kier alpha value is -0.0800. The van der Waals surface area contributed by atoms with E-state index in [4.69, 9.17) is 0 Å². The van der Waals surface area contributed by atoms with Gasteiger partial charge < -0.3 is 10.6 Å². The maximum absolute atomic E-state index is 3.45. The van der Waals surface area contributed by atoms with Crippen LogP contribution in [0.3, 0.4) is 0 Å². The third-order valence-electron chi connectivity index (χ3n) is 1.58. The molecule has 0 aromatic heterocycles. The predicted molar refractivity (Wildman–Crippen MR) is 50.8 cm³/mol. The normalized spacial score (nSPS) is 13.9. The van der Waals surface area contributed by atoms with E-state index in [2.05, 4.69) is 38.3 Å². The standard InChI is InChI=1S/C9H22N2/c1-5-10-7-9(4)11-6-8(2)3/h8-11H,5-7H2,1-4H3. The maximum atomic E-state index is 3.45. The van der Waals surface area contributed by atoms with E-state index in [0.717, 1.165) is 25.6 Å². The van der Waals surface area contributed by atoms with E-state index in [1.54, 1.807) is 0 Å². The molecule has 0 bridgehead atoms. The van der Waals surface area contributed by atoms with Crippen molar-refractivity contribution in [3.8, 4) is 0 Å². The summed E-state index contributed by atoms with van der Waals surface area (Å²) in [4.78, 5) is 0. The second-order valence-corrected chi connectivity index (χ2v) is 3.51. The number of hydrogen-bond acceptors (Lipinski definition) is 2. The van der Waals surface area contributed by atoms with Crippen LogP contribution < -0.4 is 10.6 Å². The highest BCUT2D eigenvalue weighted by Gasteiger charge is 1.99. The zero-order valence-corrected chi connectivity index (χ0v) is 8.28. The van der Waals surface area contributed by atoms with Crippen molar-refractivity contribution in [1.82, 2.24) is 10.6 Å². The number of hydrogen-bond donors (Lipinski definition) is 2. The minimum atomic E-state index is 0.595. The zero-order valence-electron chi connectivity index (χ0n) is 8.28. The fourth-order valence-electron chi connectivity index (χ4n) is 0.870. The van der Waals surface area contributed by atoms with Crippen LogP contribution >= 0.6 is 0 Å². The van der Waals surface area contributed by atoms with E-state index in [9.17, 15) is 0 Å². The average molecular weight is 158 g/mol. The minimum absolute atomic E-state index is 0.595. The summed E-state index contributed by atoms with van der Waals surface area (Å²) in [6.45, 7) is 12.1. The van der Waals surface area contributed by atoms with Gasteiger partial charge in [0.1, 0.15) is 0 Å². The third kappa shape index (κ3) is 7.82. The van der Waals surface area contributed by atoms with Crippen LogP contribution in [-0.4, -0.2) is 25.7 Å². The summed E-state index contributed by atoms with van der Waals surface area (Å²) in [5.41, 5.74) is 0. The van der Waals surface area contributed by atoms with Gasteiger partial charge >= 0.3 is 0 Å². The van der Waals surface area contributed by atoms with Crippen LogP contribution in [-0.2, 0) is 0 Å². The first-order valence-electron chi connectivity index (χ1n) is 4.60. The molecule has 11 heavy (non-hydrogen) atoms. The number of likely N-dealkylation sites (N-methyl/N-ethyl adjacent to an activating group) is 1. The van der Waals surface area contributed by atoms with Crippen molar-refractivity contribution in [1.29, 1.82) is 0 Å². The lowest BCUT2D eigenvalue weighted by Gasteiger charge is -2.15. The van der Waals surface area contributed by atoms with Crippen molar-refractivity contribution in [2.75, 3.05) is 19.6 Å². The molecule has 0 aliphatic rings. The fraction of sp³-hybridized carbons (Fsp3) is 1.00. The fourth-order valence-corrected chi connectivity index (χ4v) is 0.870. The molecule has 0 spiro atoms. The predicted octanol–water partition coefficient (Wildman–Crippen LogP) is 1.23. The molecule has 68 valence electrons. The summed E-state index contributed by atoms with van der Waals surface area (Å²) in [5, 5.41) is 6.76. The van der Waals surface area contributed by atoms with Gasteiger partial charge in [0, 0.05) is 12.6 Å². The van der Waals surface area contributed by atoms with Gasteiger partial charge in [0.05, 0.1) is 0 Å². The van der Waals surface area contributed by atoms with Crippen molar-refractivity contribution in [3.05, 3.63) is 0 Å². The van der Waals surface area contributed by atoms with Gasteiger partial charge in [-0.3, -0.25) is 0 Å². The van der Waals surface area contributed by atoms with E-state index in [0.29, 0.717) is 6.04 Å². The summed E-state index contributed by atoms with van der Waals surface area (Å²) in [7, 11) is 0. The van der Waals surface area contributed by atoms with Gasteiger partial charge in [-0.05, 0) is 25.9 Å². The highest BCUT2D eigenvalue weighted by molar-refractivity contribution is 4.63. The monoisotopic (exact) mass is 158 g/mol. The summed E-state index contributed by atoms with van der Waals surface area (Å²) in [5.74, 6) is 0.749. The Kier molecular flexibility index (Phi) is 6.57. The lowest BCUT2D eigenvalue weighted by atomic mass is 10.2. The van der Waals surface area contributed by atoms with Gasteiger partial charge in [-0.2, -0.15) is 0 Å². The first-order valence-corrected chi connectivity index (χ1v) is 4.60. The Morgan fingerprint density at radius 1 is 1.09 bits per heavy atom. The summed E-state index contributed by atoms with van der Waals surface area (Å²) in [6, 6.07) is 0.595. The second-order valence-electron chi connectivity index (χ2n) is 3.51. The lowest BCUT2D eigenvalue weighted by Crippen LogP contribution is -2.37. The topological polar surface area (TPSA) is 24.1 Å². The molecule has 2 N–H and O–H groups in total. The van der Waals surface area contributed by atoms with Gasteiger partial charge in [0.25, 0.3) is 0 Å². The molecule has 0 fully saturated rings. The zero-order chi connectivity index (χ0) is 8.69. The Bertz CT molecular complexity index is 81.6. The van der Waals surface area contributed by atoms with Crippen LogP contribution in [0.25, 0.3) is 0 Å². The molecule has 0 heterocycles. The summed E-state index contributed by atoms with van der Waals surface area (Å²) < 4.78 is 0. The first-order chi connectivity index (χ1) is 5.16. The molecule has 0 aliphatic heterocycles. The highest BCUT2D eigenvalue weighted by Crippen LogP contribution is 1.88. The number of rotatable bonds is 6. The molecule has 0 saturated heterocycles. The Balaban J connectivity index is 3.15. The maximum Gasteiger partial charge on any atom is 0.0164 e. The van der Waals surface area contributed by atoms with Crippen LogP contribution in [0.4, 0.5) is 0 Å². The Morgan fingerprint density at radius 2 is 1.73 bits per heavy atom. The van der Waals surface area contributed by atoms with Crippen molar-refractivity contribution in [3.63, 3.8) is 0 Å². The van der Waals surface area contributed by atoms with Crippen LogP contribution in [0.1, 0.15) is 27.7 Å². The molecular formula is C9H22N2. The SMILES string of the molecule is CCNCC(C)NCC(C)C. The average Bonchev–Trinajstić information content (AvgIpc) is 1.97. The van der Waals surface area contributed by atoms with E-state index in [1.165, 1.54) is 0 Å². The molecule has 0 radical (unpaired) electrons. The van der Waals surface area contributed by atoms with Crippen molar-refractivity contribution in [2.24, 2.45) is 5.92 Å². The van der Waals surface area contributed by atoms with Gasteiger partial charge in [-0.1, -0.05) is 20.8 Å². The molecule has 2 nitrogen and oxygen atoms in total. The van der Waals surface area contributed by atoms with Gasteiger partial charge in [-0.15, -0.1) is 0 Å². The summed E-state index contributed by atoms with van der Waals surface area (Å²) in [6.07, 6.45) is 0. The molecule has 0 rings (SSSR count). The second kappa shape index (κ2) is 6.62. The van der Waals surface area contributed by atoms with Crippen LogP contribution in [0, 0.1) is 5.92 Å². The molecule has 1 atom stereocenters. The number of nitrogens with one attached hydrogen (secondary N) is 2. The highest BCUT2D eigenvalue weighted by atomic mass is 15.0. The third-order valence-corrected chi connectivity index (χ3v) is 1.58. The van der Waals surface area contributed by atoms with E-state index in [-0.39, 0.29) is 0 Å². The smallest absolute Gasteiger partial charge is 0.0164 e. The molecule has 0 aliphatic carbocycles. The van der Waals surface area contributed by atoms with Crippen molar-refractivity contribution >= 4 is 0 Å². The Morgan fingerprint density at radius 3 is 2.18 bits per heavy atom. The lowest BCUT2D eigenvalue weighted by molar-refractivity contribution is 0.464. The van der Waals surface area contributed by atoms with Gasteiger partial charge in [-0.25, -0.2) is 0 Å². The van der Waals surface area contributed by atoms with Crippen molar-refractivity contribution in [2.45, 2.75) is 33.7 Å². The van der Waals surface area contributed by atoms with Crippen molar-refractivity contribution < 1.29 is 0 Å². The minimum Gasteiger partial charge on any atom is -0.315 e. The van der Waals surface area contributed by atoms with E-state index in [1.807, 2.05) is 0 Å². The van der Waals surface area contributed by atoms with E-state index >= 15 is 0 Å². The van der Waals surface area contributed by atoms with Crippen LogP contribution in [0.2, 0.25) is 0 Å². The molecule has 0 saturated carbocycles. The van der Waals surface area contributed by atoms with Gasteiger partial charge in [0.15, 0.2) is 0 Å². The summed E-state index contributed by atoms with van der Waals surface area (Å²) >= 11 is 0. The van der Waals surface area contributed by atoms with Gasteiger partial charge in [0.2, 0.25) is 0 Å². The molecular weight excluding hydrogens is 136 g/mol. The molecule has 1 unspecified atom stereocenters. The van der Waals surface area contributed by atoms with E-state index < -0.39 is 0 Å². The largest absolute Gasteiger partial charge is 0.315 e. The Labute approximate surface area is 70.8 Å².